The maximum Gasteiger partial charge on any atom is 0.229 e. The lowest BCUT2D eigenvalue weighted by atomic mass is 9.90. The Kier molecular flexibility index (Phi) is 8.26. The van der Waals surface area contributed by atoms with Crippen LogP contribution in [0.4, 0.5) is 0 Å². The van der Waals surface area contributed by atoms with Crippen LogP contribution in [-0.4, -0.2) is 121 Å². The number of aromatic hydroxyl groups is 1. The Morgan fingerprint density at radius 1 is 0.886 bits per heavy atom. The van der Waals surface area contributed by atoms with Crippen LogP contribution in [0, 0.1) is 0 Å². The van der Waals surface area contributed by atoms with Gasteiger partial charge in [0.05, 0.1) is 19.3 Å². The van der Waals surface area contributed by atoms with E-state index in [1.54, 1.807) is 18.2 Å². The van der Waals surface area contributed by atoms with Gasteiger partial charge in [-0.15, -0.1) is 0 Å². The van der Waals surface area contributed by atoms with Crippen LogP contribution in [0.2, 0.25) is 0 Å². The number of aliphatic hydroxyl groups excluding tert-OH is 7. The number of hydrogen-bond acceptors (Lipinski definition) is 14. The molecular formula is C30H36O14. The zero-order chi connectivity index (χ0) is 31.5. The van der Waals surface area contributed by atoms with E-state index in [0.717, 1.165) is 10.9 Å². The minimum Gasteiger partial charge on any atom is -0.508 e. The molecule has 0 aliphatic carbocycles. The highest BCUT2D eigenvalue weighted by Crippen LogP contribution is 2.40. The van der Waals surface area contributed by atoms with Gasteiger partial charge in [0.25, 0.3) is 0 Å². The van der Waals surface area contributed by atoms with Crippen LogP contribution in [0.3, 0.4) is 0 Å². The molecular weight excluding hydrogens is 584 g/mol. The zero-order valence-corrected chi connectivity index (χ0v) is 23.9. The molecule has 0 amide bonds. The van der Waals surface area contributed by atoms with E-state index in [0.29, 0.717) is 29.1 Å². The summed E-state index contributed by atoms with van der Waals surface area (Å²) in [6.45, 7) is 2.58. The Balaban J connectivity index is 1.25. The van der Waals surface area contributed by atoms with Crippen molar-refractivity contribution < 1.29 is 69.0 Å². The van der Waals surface area contributed by atoms with Crippen molar-refractivity contribution in [3.8, 4) is 28.6 Å². The minimum atomic E-state index is -1.77. The highest BCUT2D eigenvalue weighted by molar-refractivity contribution is 5.85. The Labute approximate surface area is 251 Å². The molecule has 0 spiro atoms. The van der Waals surface area contributed by atoms with E-state index in [2.05, 4.69) is 0 Å². The van der Waals surface area contributed by atoms with Gasteiger partial charge in [-0.1, -0.05) is 0 Å². The first-order valence-corrected chi connectivity index (χ1v) is 14.2. The van der Waals surface area contributed by atoms with Gasteiger partial charge in [0.15, 0.2) is 12.4 Å². The maximum atomic E-state index is 10.7. The molecule has 2 fully saturated rings. The van der Waals surface area contributed by atoms with E-state index in [9.17, 15) is 40.9 Å². The van der Waals surface area contributed by atoms with Crippen LogP contribution >= 0.6 is 0 Å². The van der Waals surface area contributed by atoms with Gasteiger partial charge in [0.1, 0.15) is 70.8 Å². The third-order valence-corrected chi connectivity index (χ3v) is 8.29. The molecule has 240 valence electrons. The van der Waals surface area contributed by atoms with Crippen molar-refractivity contribution in [1.82, 2.24) is 0 Å². The highest BCUT2D eigenvalue weighted by Gasteiger charge is 2.49. The molecule has 2 aromatic carbocycles. The number of phenols is 1. The Hall–Kier alpha value is -3.02. The predicted molar refractivity (Wildman–Crippen MR) is 149 cm³/mol. The molecule has 3 aromatic rings. The molecule has 0 unspecified atom stereocenters. The topological polar surface area (TPSA) is 221 Å². The molecule has 1 aromatic heterocycles. The van der Waals surface area contributed by atoms with Gasteiger partial charge in [0.2, 0.25) is 6.29 Å². The van der Waals surface area contributed by atoms with Crippen LogP contribution in [0.25, 0.3) is 22.3 Å². The van der Waals surface area contributed by atoms with Crippen LogP contribution in [0.15, 0.2) is 40.8 Å². The molecule has 0 saturated carbocycles. The van der Waals surface area contributed by atoms with Gasteiger partial charge in [0, 0.05) is 29.5 Å². The van der Waals surface area contributed by atoms with Gasteiger partial charge in [-0.3, -0.25) is 0 Å². The van der Waals surface area contributed by atoms with E-state index >= 15 is 0 Å². The van der Waals surface area contributed by atoms with Gasteiger partial charge < -0.3 is 69.0 Å². The number of fused-ring (bicyclic) bond motifs is 2. The van der Waals surface area contributed by atoms with Gasteiger partial charge in [-0.25, -0.2) is 0 Å². The number of hydrogen-bond donors (Lipinski definition) is 8. The second-order valence-corrected chi connectivity index (χ2v) is 11.9. The Bertz CT molecular complexity index is 1490. The van der Waals surface area contributed by atoms with Crippen LogP contribution in [0.5, 0.6) is 17.2 Å². The third kappa shape index (κ3) is 5.74. The van der Waals surface area contributed by atoms with E-state index in [-0.39, 0.29) is 18.1 Å². The summed E-state index contributed by atoms with van der Waals surface area (Å²) >= 11 is 0. The molecule has 2 saturated heterocycles. The third-order valence-electron chi connectivity index (χ3n) is 8.29. The smallest absolute Gasteiger partial charge is 0.229 e. The first-order chi connectivity index (χ1) is 20.8. The summed E-state index contributed by atoms with van der Waals surface area (Å²) in [4.78, 5) is 0. The molecule has 14 heteroatoms. The number of aliphatic hydroxyl groups is 7. The minimum absolute atomic E-state index is 0.0731. The first kappa shape index (κ1) is 31.0. The molecule has 6 rings (SSSR count). The standard InChI is InChI=1S/C30H36O14/c1-30(2)22(34)7-13-3-12-6-18(41-19(12)9-20(13)44-30)14-4-15(32)8-16(5-14)40-29-27(23(35)17(33)11-39-29)43-28-26(38)25(37)24(36)21(10-31)42-28/h3-6,8-9,17,21-29,31-38H,7,10-11H2,1-2H3/t17-,21+,22+,23-,24+,25-,26+,27+,28-,29-/m0/s1. The van der Waals surface area contributed by atoms with Crippen LogP contribution in [0.1, 0.15) is 19.4 Å². The van der Waals surface area contributed by atoms with Crippen molar-refractivity contribution >= 4 is 11.0 Å². The lowest BCUT2D eigenvalue weighted by molar-refractivity contribution is -0.348. The van der Waals surface area contributed by atoms with Crippen molar-refractivity contribution in [3.05, 3.63) is 42.0 Å². The zero-order valence-electron chi connectivity index (χ0n) is 23.9. The molecule has 14 nitrogen and oxygen atoms in total. The second kappa shape index (κ2) is 11.7. The van der Waals surface area contributed by atoms with E-state index < -0.39 is 73.6 Å². The quantitative estimate of drug-likeness (QED) is 0.175. The summed E-state index contributed by atoms with van der Waals surface area (Å²) in [5.74, 6) is 0.878. The number of furan rings is 1. The number of rotatable bonds is 6. The molecule has 8 N–H and O–H groups in total. The van der Waals surface area contributed by atoms with Gasteiger partial charge in [-0.2, -0.15) is 0 Å². The van der Waals surface area contributed by atoms with Gasteiger partial charge in [-0.05, 0) is 43.7 Å². The summed E-state index contributed by atoms with van der Waals surface area (Å²) in [6, 6.07) is 9.68. The van der Waals surface area contributed by atoms with Crippen LogP contribution < -0.4 is 9.47 Å². The summed E-state index contributed by atoms with van der Waals surface area (Å²) in [5.41, 5.74) is 1.02. The average molecular weight is 621 g/mol. The number of ether oxygens (including phenoxy) is 5. The monoisotopic (exact) mass is 620 g/mol. The lowest BCUT2D eigenvalue weighted by Gasteiger charge is -2.44. The Morgan fingerprint density at radius 2 is 1.66 bits per heavy atom. The lowest BCUT2D eigenvalue weighted by Crippen LogP contribution is -2.63. The van der Waals surface area contributed by atoms with E-state index in [1.165, 1.54) is 12.1 Å². The fourth-order valence-electron chi connectivity index (χ4n) is 5.59. The molecule has 0 radical (unpaired) electrons. The van der Waals surface area contributed by atoms with E-state index in [1.807, 2.05) is 19.9 Å². The van der Waals surface area contributed by atoms with E-state index in [4.69, 9.17) is 28.1 Å². The number of benzene rings is 2. The molecule has 3 aliphatic rings. The summed E-state index contributed by atoms with van der Waals surface area (Å²) in [5, 5.41) is 82.8. The summed E-state index contributed by atoms with van der Waals surface area (Å²) in [6.07, 6.45) is -14.2. The SMILES string of the molecule is CC1(C)Oc2cc3oc(-c4cc(O)cc(O[C@@H]5OC[C@H](O)[C@H](O)[C@H]5O[C@@H]5O[C@H](CO)[C@@H](O)[C@H](O)[C@H]5O)c4)cc3cc2C[C@H]1O. The molecule has 10 atom stereocenters. The Morgan fingerprint density at radius 3 is 2.41 bits per heavy atom. The van der Waals surface area contributed by atoms with Crippen molar-refractivity contribution in [2.75, 3.05) is 13.2 Å². The van der Waals surface area contributed by atoms with Gasteiger partial charge >= 0.3 is 0 Å². The summed E-state index contributed by atoms with van der Waals surface area (Å²) < 4.78 is 34.6. The second-order valence-electron chi connectivity index (χ2n) is 11.9. The van der Waals surface area contributed by atoms with Crippen LogP contribution in [-0.2, 0) is 20.6 Å². The average Bonchev–Trinajstić information content (AvgIpc) is 3.39. The van der Waals surface area contributed by atoms with Crippen molar-refractivity contribution in [2.45, 2.75) is 87.3 Å². The maximum absolute atomic E-state index is 10.7. The predicted octanol–water partition coefficient (Wildman–Crippen LogP) is -0.478. The first-order valence-electron chi connectivity index (χ1n) is 14.2. The van der Waals surface area contributed by atoms with Crippen molar-refractivity contribution in [3.63, 3.8) is 0 Å². The molecule has 44 heavy (non-hydrogen) atoms. The fourth-order valence-corrected chi connectivity index (χ4v) is 5.59. The summed E-state index contributed by atoms with van der Waals surface area (Å²) in [7, 11) is 0. The largest absolute Gasteiger partial charge is 0.508 e. The molecule has 4 heterocycles. The van der Waals surface area contributed by atoms with Crippen molar-refractivity contribution in [1.29, 1.82) is 0 Å². The molecule has 3 aliphatic heterocycles. The normalized spacial score (nSPS) is 35.2. The highest BCUT2D eigenvalue weighted by atomic mass is 16.8. The fraction of sp³-hybridized carbons (Fsp3) is 0.533. The number of phenolic OH excluding ortho intramolecular Hbond substituents is 1. The van der Waals surface area contributed by atoms with Crippen molar-refractivity contribution in [2.24, 2.45) is 0 Å². The molecule has 0 bridgehead atoms.